The third kappa shape index (κ3) is 4.54. The lowest BCUT2D eigenvalue weighted by atomic mass is 9.99. The summed E-state index contributed by atoms with van der Waals surface area (Å²) < 4.78 is 7.03. The van der Waals surface area contributed by atoms with Crippen molar-refractivity contribution >= 4 is 11.7 Å². The number of nitrogens with zero attached hydrogens (tertiary/aromatic N) is 4. The molecule has 8 heteroatoms. The first-order valence-corrected chi connectivity index (χ1v) is 8.60. The molecule has 134 valence electrons. The van der Waals surface area contributed by atoms with E-state index in [2.05, 4.69) is 25.9 Å². The zero-order chi connectivity index (χ0) is 17.6. The first kappa shape index (κ1) is 17.3. The second-order valence-corrected chi connectivity index (χ2v) is 6.22. The van der Waals surface area contributed by atoms with Crippen molar-refractivity contribution in [3.63, 3.8) is 0 Å². The van der Waals surface area contributed by atoms with E-state index in [1.165, 1.54) is 0 Å². The van der Waals surface area contributed by atoms with Gasteiger partial charge in [0.2, 0.25) is 5.91 Å². The van der Waals surface area contributed by atoms with Gasteiger partial charge in [-0.15, -0.1) is 10.2 Å². The maximum Gasteiger partial charge on any atom is 0.223 e. The summed E-state index contributed by atoms with van der Waals surface area (Å²) in [7, 11) is 0. The van der Waals surface area contributed by atoms with Gasteiger partial charge in [0.05, 0.1) is 5.69 Å². The molecule has 2 aromatic rings. The largest absolute Gasteiger partial charge is 0.381 e. The molecular weight excluding hydrogens is 320 g/mol. The van der Waals surface area contributed by atoms with Crippen LogP contribution in [0.25, 0.3) is 5.82 Å². The Bertz CT molecular complexity index is 706. The topological polar surface area (TPSA) is 94.0 Å². The van der Waals surface area contributed by atoms with Gasteiger partial charge >= 0.3 is 0 Å². The molecular formula is C17H24N6O2. The van der Waals surface area contributed by atoms with Gasteiger partial charge in [0.15, 0.2) is 5.82 Å². The molecule has 1 aliphatic heterocycles. The maximum absolute atomic E-state index is 12.0. The van der Waals surface area contributed by atoms with Crippen LogP contribution >= 0.6 is 0 Å². The number of hydrogen-bond donors (Lipinski definition) is 2. The smallest absolute Gasteiger partial charge is 0.223 e. The van der Waals surface area contributed by atoms with E-state index in [1.54, 1.807) is 4.68 Å². The molecule has 1 fully saturated rings. The highest BCUT2D eigenvalue weighted by Crippen LogP contribution is 2.14. The minimum absolute atomic E-state index is 0.0774. The number of anilines is 1. The van der Waals surface area contributed by atoms with E-state index >= 15 is 0 Å². The molecule has 0 aromatic carbocycles. The number of carbonyl (C=O) groups excluding carboxylic acids is 1. The van der Waals surface area contributed by atoms with E-state index in [0.717, 1.165) is 24.2 Å². The summed E-state index contributed by atoms with van der Waals surface area (Å²) in [6.07, 6.45) is 1.61. The predicted molar refractivity (Wildman–Crippen MR) is 93.7 cm³/mol. The molecule has 0 bridgehead atoms. The molecule has 25 heavy (non-hydrogen) atoms. The first-order valence-electron chi connectivity index (χ1n) is 8.60. The van der Waals surface area contributed by atoms with E-state index in [9.17, 15) is 4.79 Å². The molecule has 2 aromatic heterocycles. The maximum atomic E-state index is 12.0. The van der Waals surface area contributed by atoms with E-state index in [0.29, 0.717) is 37.9 Å². The highest BCUT2D eigenvalue weighted by molar-refractivity contribution is 5.78. The molecule has 1 amide bonds. The van der Waals surface area contributed by atoms with Gasteiger partial charge in [0, 0.05) is 37.9 Å². The highest BCUT2D eigenvalue weighted by atomic mass is 16.5. The lowest BCUT2D eigenvalue weighted by Gasteiger charge is -2.21. The Balaban J connectivity index is 1.44. The van der Waals surface area contributed by atoms with Crippen LogP contribution < -0.4 is 10.6 Å². The van der Waals surface area contributed by atoms with Crippen LogP contribution in [0.4, 0.5) is 5.82 Å². The molecule has 0 aliphatic carbocycles. The van der Waals surface area contributed by atoms with Gasteiger partial charge in [0.25, 0.3) is 0 Å². The third-order valence-corrected chi connectivity index (χ3v) is 4.20. The fourth-order valence-electron chi connectivity index (χ4n) is 2.87. The van der Waals surface area contributed by atoms with Crippen LogP contribution in [-0.2, 0) is 9.53 Å². The molecule has 0 spiro atoms. The summed E-state index contributed by atoms with van der Waals surface area (Å²) in [5, 5.41) is 18.9. The molecule has 0 radical (unpaired) electrons. The van der Waals surface area contributed by atoms with Crippen LogP contribution in [0.1, 0.15) is 24.2 Å². The normalized spacial score (nSPS) is 15.1. The average Bonchev–Trinajstić information content (AvgIpc) is 2.98. The zero-order valence-electron chi connectivity index (χ0n) is 14.7. The number of hydrogen-bond acceptors (Lipinski definition) is 6. The number of aryl methyl sites for hydroxylation is 2. The molecule has 1 saturated heterocycles. The van der Waals surface area contributed by atoms with Crippen LogP contribution in [0.2, 0.25) is 0 Å². The Morgan fingerprint density at radius 2 is 2.04 bits per heavy atom. The monoisotopic (exact) mass is 344 g/mol. The van der Waals surface area contributed by atoms with Gasteiger partial charge in [0.1, 0.15) is 5.82 Å². The van der Waals surface area contributed by atoms with Gasteiger partial charge in [-0.05, 0) is 44.9 Å². The number of aromatic nitrogens is 4. The van der Waals surface area contributed by atoms with Crippen molar-refractivity contribution in [3.05, 3.63) is 29.6 Å². The highest BCUT2D eigenvalue weighted by Gasteiger charge is 2.20. The molecule has 3 heterocycles. The lowest BCUT2D eigenvalue weighted by molar-refractivity contribution is -0.127. The fraction of sp³-hybridized carbons (Fsp3) is 0.529. The van der Waals surface area contributed by atoms with E-state index in [-0.39, 0.29) is 11.8 Å². The minimum Gasteiger partial charge on any atom is -0.381 e. The SMILES string of the molecule is Cc1cc(C)n(-c2ccc(NCCNC(=O)C3CCOCC3)nn2)n1. The predicted octanol–water partition coefficient (Wildman–Crippen LogP) is 1.23. The average molecular weight is 344 g/mol. The Morgan fingerprint density at radius 1 is 1.24 bits per heavy atom. The molecule has 2 N–H and O–H groups in total. The van der Waals surface area contributed by atoms with E-state index in [1.807, 2.05) is 32.0 Å². The standard InChI is InChI=1S/C17H24N6O2/c1-12-11-13(2)23(22-12)16-4-3-15(20-21-16)18-7-8-19-17(24)14-5-9-25-10-6-14/h3-4,11,14H,5-10H2,1-2H3,(H,18,20)(H,19,24). The Labute approximate surface area is 147 Å². The van der Waals surface area contributed by atoms with E-state index < -0.39 is 0 Å². The molecule has 0 saturated carbocycles. The number of nitrogens with one attached hydrogen (secondary N) is 2. The second kappa shape index (κ2) is 8.06. The summed E-state index contributed by atoms with van der Waals surface area (Å²) in [5.41, 5.74) is 1.96. The fourth-order valence-corrected chi connectivity index (χ4v) is 2.87. The van der Waals surface area contributed by atoms with Gasteiger partial charge in [-0.1, -0.05) is 0 Å². The summed E-state index contributed by atoms with van der Waals surface area (Å²) in [6, 6.07) is 5.73. The van der Waals surface area contributed by atoms with Gasteiger partial charge in [-0.25, -0.2) is 4.68 Å². The van der Waals surface area contributed by atoms with Crippen molar-refractivity contribution in [2.45, 2.75) is 26.7 Å². The van der Waals surface area contributed by atoms with Crippen LogP contribution in [0.15, 0.2) is 18.2 Å². The lowest BCUT2D eigenvalue weighted by Crippen LogP contribution is -2.36. The molecule has 0 unspecified atom stereocenters. The number of carbonyl (C=O) groups is 1. The molecule has 8 nitrogen and oxygen atoms in total. The Hall–Kier alpha value is -2.48. The molecule has 3 rings (SSSR count). The van der Waals surface area contributed by atoms with Gasteiger partial charge < -0.3 is 15.4 Å². The second-order valence-electron chi connectivity index (χ2n) is 6.22. The van der Waals surface area contributed by atoms with Crippen molar-refractivity contribution in [1.82, 2.24) is 25.3 Å². The number of ether oxygens (including phenoxy) is 1. The molecule has 1 aliphatic rings. The summed E-state index contributed by atoms with van der Waals surface area (Å²) in [4.78, 5) is 12.0. The molecule has 0 atom stereocenters. The van der Waals surface area contributed by atoms with Crippen molar-refractivity contribution in [2.24, 2.45) is 5.92 Å². The van der Waals surface area contributed by atoms with E-state index in [4.69, 9.17) is 4.74 Å². The van der Waals surface area contributed by atoms with Crippen LogP contribution in [0.3, 0.4) is 0 Å². The minimum atomic E-state index is 0.0774. The Morgan fingerprint density at radius 3 is 2.68 bits per heavy atom. The van der Waals surface area contributed by atoms with Crippen molar-refractivity contribution < 1.29 is 9.53 Å². The summed E-state index contributed by atoms with van der Waals surface area (Å²) in [6.45, 7) is 6.43. The zero-order valence-corrected chi connectivity index (χ0v) is 14.7. The van der Waals surface area contributed by atoms with Gasteiger partial charge in [-0.2, -0.15) is 5.10 Å². The van der Waals surface area contributed by atoms with Crippen molar-refractivity contribution in [3.8, 4) is 5.82 Å². The van der Waals surface area contributed by atoms with Crippen LogP contribution in [0, 0.1) is 19.8 Å². The summed E-state index contributed by atoms with van der Waals surface area (Å²) in [5.74, 6) is 1.54. The Kier molecular flexibility index (Phi) is 5.60. The third-order valence-electron chi connectivity index (χ3n) is 4.20. The van der Waals surface area contributed by atoms with Crippen LogP contribution in [0.5, 0.6) is 0 Å². The van der Waals surface area contributed by atoms with Crippen molar-refractivity contribution in [1.29, 1.82) is 0 Å². The summed E-state index contributed by atoms with van der Waals surface area (Å²) >= 11 is 0. The first-order chi connectivity index (χ1) is 12.1. The van der Waals surface area contributed by atoms with Gasteiger partial charge in [-0.3, -0.25) is 4.79 Å². The van der Waals surface area contributed by atoms with Crippen molar-refractivity contribution in [2.75, 3.05) is 31.6 Å². The number of amides is 1. The quantitative estimate of drug-likeness (QED) is 0.766. The van der Waals surface area contributed by atoms with Crippen LogP contribution in [-0.4, -0.2) is 52.2 Å². The number of rotatable bonds is 6.